The van der Waals surface area contributed by atoms with Gasteiger partial charge in [0.1, 0.15) is 12.4 Å². The molecule has 0 bridgehead atoms. The van der Waals surface area contributed by atoms with E-state index in [0.717, 1.165) is 31.8 Å². The Morgan fingerprint density at radius 1 is 1.45 bits per heavy atom. The summed E-state index contributed by atoms with van der Waals surface area (Å²) in [6.07, 6.45) is 8.47. The van der Waals surface area contributed by atoms with Crippen LogP contribution in [0.4, 0.5) is 0 Å². The normalized spacial score (nSPS) is 29.1. The first-order valence-electron chi connectivity index (χ1n) is 8.21. The van der Waals surface area contributed by atoms with E-state index in [0.29, 0.717) is 18.7 Å². The van der Waals surface area contributed by atoms with Crippen LogP contribution in [0.1, 0.15) is 31.5 Å². The molecule has 0 aromatic carbocycles. The third-order valence-electron chi connectivity index (χ3n) is 5.04. The minimum absolute atomic E-state index is 0.0838. The second-order valence-corrected chi connectivity index (χ2v) is 6.42. The fourth-order valence-corrected chi connectivity index (χ4v) is 3.77. The van der Waals surface area contributed by atoms with Crippen LogP contribution >= 0.6 is 0 Å². The van der Waals surface area contributed by atoms with Crippen molar-refractivity contribution >= 4 is 5.91 Å². The lowest BCUT2D eigenvalue weighted by molar-refractivity contribution is -0.122. The largest absolute Gasteiger partial charge is 0.380 e. The van der Waals surface area contributed by atoms with Crippen molar-refractivity contribution in [2.24, 2.45) is 0 Å². The number of rotatable bonds is 5. The summed E-state index contributed by atoms with van der Waals surface area (Å²) in [5.74, 6) is 0.959. The molecule has 2 aliphatic rings. The SMILES string of the molecule is COC1CCN([C@H]2CCC[C@H]2NC(=O)Cn2ccnc2C)C1. The molecule has 1 aliphatic carbocycles. The van der Waals surface area contributed by atoms with Gasteiger partial charge in [-0.1, -0.05) is 0 Å². The number of carbonyl (C=O) groups is 1. The average molecular weight is 306 g/mol. The van der Waals surface area contributed by atoms with E-state index in [1.807, 2.05) is 17.7 Å². The number of methoxy groups -OCH3 is 1. The van der Waals surface area contributed by atoms with E-state index in [4.69, 9.17) is 4.74 Å². The predicted molar refractivity (Wildman–Crippen MR) is 83.5 cm³/mol. The zero-order valence-electron chi connectivity index (χ0n) is 13.5. The maximum absolute atomic E-state index is 12.3. The van der Waals surface area contributed by atoms with Gasteiger partial charge >= 0.3 is 0 Å². The second-order valence-electron chi connectivity index (χ2n) is 6.42. The lowest BCUT2D eigenvalue weighted by Gasteiger charge is -2.30. The van der Waals surface area contributed by atoms with Gasteiger partial charge in [-0.3, -0.25) is 9.69 Å². The average Bonchev–Trinajstić information content (AvgIpc) is 3.20. The zero-order valence-corrected chi connectivity index (χ0v) is 13.5. The van der Waals surface area contributed by atoms with Gasteiger partial charge in [0.25, 0.3) is 0 Å². The fourth-order valence-electron chi connectivity index (χ4n) is 3.77. The number of aryl methyl sites for hydroxylation is 1. The number of likely N-dealkylation sites (tertiary alicyclic amines) is 1. The Morgan fingerprint density at radius 2 is 2.32 bits per heavy atom. The predicted octanol–water partition coefficient (Wildman–Crippen LogP) is 0.950. The summed E-state index contributed by atoms with van der Waals surface area (Å²) in [7, 11) is 1.79. The minimum Gasteiger partial charge on any atom is -0.380 e. The molecule has 1 unspecified atom stereocenters. The number of amides is 1. The number of hydrogen-bond donors (Lipinski definition) is 1. The van der Waals surface area contributed by atoms with Gasteiger partial charge in [0.2, 0.25) is 5.91 Å². The molecule has 0 spiro atoms. The highest BCUT2D eigenvalue weighted by Crippen LogP contribution is 2.28. The van der Waals surface area contributed by atoms with Gasteiger partial charge in [0.15, 0.2) is 0 Å². The summed E-state index contributed by atoms with van der Waals surface area (Å²) in [6, 6.07) is 0.736. The lowest BCUT2D eigenvalue weighted by atomic mass is 10.1. The Kier molecular flexibility index (Phi) is 4.78. The second kappa shape index (κ2) is 6.79. The van der Waals surface area contributed by atoms with Gasteiger partial charge in [-0.05, 0) is 32.6 Å². The van der Waals surface area contributed by atoms with Gasteiger partial charge in [0, 0.05) is 44.7 Å². The highest BCUT2D eigenvalue weighted by Gasteiger charge is 2.36. The van der Waals surface area contributed by atoms with Crippen molar-refractivity contribution in [1.29, 1.82) is 0 Å². The first-order chi connectivity index (χ1) is 10.7. The van der Waals surface area contributed by atoms with Crippen molar-refractivity contribution in [2.45, 2.75) is 57.3 Å². The van der Waals surface area contributed by atoms with Gasteiger partial charge in [-0.25, -0.2) is 4.98 Å². The smallest absolute Gasteiger partial charge is 0.240 e. The molecule has 1 N–H and O–H groups in total. The van der Waals surface area contributed by atoms with Crippen molar-refractivity contribution < 1.29 is 9.53 Å². The number of carbonyl (C=O) groups excluding carboxylic acids is 1. The van der Waals surface area contributed by atoms with Crippen LogP contribution in [0.3, 0.4) is 0 Å². The van der Waals surface area contributed by atoms with Crippen LogP contribution in [0.15, 0.2) is 12.4 Å². The summed E-state index contributed by atoms with van der Waals surface area (Å²) in [4.78, 5) is 18.9. The number of ether oxygens (including phenoxy) is 1. The molecule has 1 aliphatic heterocycles. The number of aromatic nitrogens is 2. The number of imidazole rings is 1. The van der Waals surface area contributed by atoms with E-state index in [-0.39, 0.29) is 11.9 Å². The highest BCUT2D eigenvalue weighted by molar-refractivity contribution is 5.76. The van der Waals surface area contributed by atoms with E-state index in [1.165, 1.54) is 12.8 Å². The number of hydrogen-bond acceptors (Lipinski definition) is 4. The van der Waals surface area contributed by atoms with Crippen molar-refractivity contribution in [1.82, 2.24) is 19.8 Å². The molecule has 6 nitrogen and oxygen atoms in total. The lowest BCUT2D eigenvalue weighted by Crippen LogP contribution is -2.49. The van der Waals surface area contributed by atoms with E-state index >= 15 is 0 Å². The van der Waals surface area contributed by atoms with Gasteiger partial charge < -0.3 is 14.6 Å². The third-order valence-corrected chi connectivity index (χ3v) is 5.04. The Labute approximate surface area is 131 Å². The molecular weight excluding hydrogens is 280 g/mol. The Morgan fingerprint density at radius 3 is 3.00 bits per heavy atom. The number of nitrogens with zero attached hydrogens (tertiary/aromatic N) is 3. The molecular formula is C16H26N4O2. The molecule has 3 rings (SSSR count). The molecule has 3 atom stereocenters. The maximum atomic E-state index is 12.3. The van der Waals surface area contributed by atoms with E-state index in [9.17, 15) is 4.79 Å². The Hall–Kier alpha value is -1.40. The standard InChI is InChI=1S/C16H26N4O2/c1-12-17-7-9-19(12)11-16(21)18-14-4-3-5-15(14)20-8-6-13(10-20)22-2/h7,9,13-15H,3-6,8,10-11H2,1-2H3,(H,18,21)/t13?,14-,15+/m1/s1. The fraction of sp³-hybridized carbons (Fsp3) is 0.750. The zero-order chi connectivity index (χ0) is 15.5. The third kappa shape index (κ3) is 3.33. The van der Waals surface area contributed by atoms with Crippen molar-refractivity contribution in [3.63, 3.8) is 0 Å². The van der Waals surface area contributed by atoms with Crippen LogP contribution in [0.5, 0.6) is 0 Å². The molecule has 0 radical (unpaired) electrons. The minimum atomic E-state index is 0.0838. The molecule has 122 valence electrons. The van der Waals surface area contributed by atoms with Crippen LogP contribution < -0.4 is 5.32 Å². The molecule has 1 aromatic heterocycles. The van der Waals surface area contributed by atoms with Gasteiger partial charge in [-0.15, -0.1) is 0 Å². The quantitative estimate of drug-likeness (QED) is 0.880. The van der Waals surface area contributed by atoms with Crippen molar-refractivity contribution in [2.75, 3.05) is 20.2 Å². The van der Waals surface area contributed by atoms with E-state index in [1.54, 1.807) is 13.3 Å². The van der Waals surface area contributed by atoms with E-state index < -0.39 is 0 Å². The first kappa shape index (κ1) is 15.5. The van der Waals surface area contributed by atoms with E-state index in [2.05, 4.69) is 15.2 Å². The monoisotopic (exact) mass is 306 g/mol. The van der Waals surface area contributed by atoms with Crippen LogP contribution in [-0.4, -0.2) is 58.7 Å². The van der Waals surface area contributed by atoms with Gasteiger partial charge in [0.05, 0.1) is 6.10 Å². The number of nitrogens with one attached hydrogen (secondary N) is 1. The molecule has 1 aromatic rings. The highest BCUT2D eigenvalue weighted by atomic mass is 16.5. The van der Waals surface area contributed by atoms with Crippen molar-refractivity contribution in [3.05, 3.63) is 18.2 Å². The molecule has 6 heteroatoms. The summed E-state index contributed by atoms with van der Waals surface area (Å²) >= 11 is 0. The molecule has 22 heavy (non-hydrogen) atoms. The topological polar surface area (TPSA) is 59.4 Å². The van der Waals surface area contributed by atoms with Crippen LogP contribution in [0.25, 0.3) is 0 Å². The van der Waals surface area contributed by atoms with Crippen molar-refractivity contribution in [3.8, 4) is 0 Å². The molecule has 1 saturated carbocycles. The van der Waals surface area contributed by atoms with Crippen LogP contribution in [-0.2, 0) is 16.1 Å². The Bertz CT molecular complexity index is 516. The molecule has 2 fully saturated rings. The molecule has 1 amide bonds. The maximum Gasteiger partial charge on any atom is 0.240 e. The van der Waals surface area contributed by atoms with Crippen LogP contribution in [0, 0.1) is 6.92 Å². The summed E-state index contributed by atoms with van der Waals surface area (Å²) in [5, 5.41) is 3.23. The van der Waals surface area contributed by atoms with Crippen LogP contribution in [0.2, 0.25) is 0 Å². The molecule has 1 saturated heterocycles. The summed E-state index contributed by atoms with van der Waals surface area (Å²) < 4.78 is 7.35. The summed E-state index contributed by atoms with van der Waals surface area (Å²) in [5.41, 5.74) is 0. The first-order valence-corrected chi connectivity index (χ1v) is 8.21. The molecule has 2 heterocycles. The Balaban J connectivity index is 1.55. The van der Waals surface area contributed by atoms with Gasteiger partial charge in [-0.2, -0.15) is 0 Å². The summed E-state index contributed by atoms with van der Waals surface area (Å²) in [6.45, 7) is 4.35.